The summed E-state index contributed by atoms with van der Waals surface area (Å²) in [7, 11) is 0. The molecule has 0 spiro atoms. The normalized spacial score (nSPS) is 15.3. The fourth-order valence-corrected chi connectivity index (χ4v) is 1.79. The number of nitrogens with one attached hydrogen (secondary N) is 1. The number of amides is 1. The third-order valence-corrected chi connectivity index (χ3v) is 2.88. The molecule has 0 aliphatic carbocycles. The Bertz CT molecular complexity index is 575. The number of ether oxygens (including phenoxy) is 2. The fourth-order valence-electron chi connectivity index (χ4n) is 1.57. The maximum absolute atomic E-state index is 11.7. The molecule has 1 aliphatic heterocycles. The lowest BCUT2D eigenvalue weighted by Crippen LogP contribution is -2.41. The molecular weight excluding hydrogens is 278 g/mol. The number of rotatable bonds is 2. The number of hydrogen-bond donors (Lipinski definition) is 1. The zero-order chi connectivity index (χ0) is 13.8. The number of nitrogens with zero attached hydrogens (tertiary/aromatic N) is 2. The van der Waals surface area contributed by atoms with E-state index in [9.17, 15) is 14.4 Å². The van der Waals surface area contributed by atoms with Gasteiger partial charge in [-0.25, -0.2) is 14.2 Å². The number of aromatic amines is 1. The van der Waals surface area contributed by atoms with Gasteiger partial charge < -0.3 is 14.4 Å². The van der Waals surface area contributed by atoms with Crippen molar-refractivity contribution in [1.82, 2.24) is 14.5 Å². The van der Waals surface area contributed by atoms with Crippen molar-refractivity contribution in [2.75, 3.05) is 26.3 Å². The first-order valence-corrected chi connectivity index (χ1v) is 5.95. The van der Waals surface area contributed by atoms with Gasteiger partial charge >= 0.3 is 11.8 Å². The van der Waals surface area contributed by atoms with Gasteiger partial charge in [0, 0.05) is 19.2 Å². The predicted octanol–water partition coefficient (Wildman–Crippen LogP) is -0.384. The molecule has 1 amide bonds. The average Bonchev–Trinajstić information content (AvgIpc) is 2.38. The topological polar surface area (TPSA) is 93.6 Å². The summed E-state index contributed by atoms with van der Waals surface area (Å²) in [6, 6.07) is 1.03. The van der Waals surface area contributed by atoms with E-state index in [-0.39, 0.29) is 11.9 Å². The molecule has 2 rings (SSSR count). The highest BCUT2D eigenvalue weighted by atomic mass is 35.5. The zero-order valence-electron chi connectivity index (χ0n) is 9.93. The standard InChI is InChI=1S/C10H12ClN3O5/c11-7-5-8(15)12-9(16)14(7)6-19-10(17)13-1-3-18-4-2-13/h5H,1-4,6H2,(H,12,15,16). The van der Waals surface area contributed by atoms with Crippen LogP contribution in [0, 0.1) is 0 Å². The molecule has 1 aromatic rings. The van der Waals surface area contributed by atoms with Crippen LogP contribution in [-0.4, -0.2) is 46.8 Å². The molecule has 0 atom stereocenters. The zero-order valence-corrected chi connectivity index (χ0v) is 10.7. The smallest absolute Gasteiger partial charge is 0.411 e. The van der Waals surface area contributed by atoms with Crippen molar-refractivity contribution in [3.05, 3.63) is 32.1 Å². The lowest BCUT2D eigenvalue weighted by atomic mass is 10.5. The van der Waals surface area contributed by atoms with Crippen LogP contribution in [-0.2, 0) is 16.2 Å². The lowest BCUT2D eigenvalue weighted by molar-refractivity contribution is 0.0173. The molecule has 1 saturated heterocycles. The first kappa shape index (κ1) is 13.6. The average molecular weight is 290 g/mol. The molecule has 0 aromatic carbocycles. The van der Waals surface area contributed by atoms with Crippen molar-refractivity contribution in [1.29, 1.82) is 0 Å². The largest absolute Gasteiger partial charge is 0.427 e. The molecule has 0 saturated carbocycles. The second-order valence-corrected chi connectivity index (χ2v) is 4.22. The monoisotopic (exact) mass is 289 g/mol. The summed E-state index contributed by atoms with van der Waals surface area (Å²) in [5, 5.41) is -0.0940. The highest BCUT2D eigenvalue weighted by Crippen LogP contribution is 2.04. The Morgan fingerprint density at radius 3 is 2.74 bits per heavy atom. The van der Waals surface area contributed by atoms with Gasteiger partial charge in [-0.05, 0) is 0 Å². The highest BCUT2D eigenvalue weighted by Gasteiger charge is 2.18. The van der Waals surface area contributed by atoms with E-state index in [1.165, 1.54) is 4.90 Å². The quantitative estimate of drug-likeness (QED) is 0.749. The van der Waals surface area contributed by atoms with Gasteiger partial charge in [-0.1, -0.05) is 11.6 Å². The molecule has 0 bridgehead atoms. The summed E-state index contributed by atoms with van der Waals surface area (Å²) >= 11 is 5.72. The molecule has 2 heterocycles. The number of halogens is 1. The van der Waals surface area contributed by atoms with Gasteiger partial charge in [0.05, 0.1) is 13.2 Å². The van der Waals surface area contributed by atoms with Gasteiger partial charge in [-0.3, -0.25) is 9.78 Å². The molecule has 9 heteroatoms. The second-order valence-electron chi connectivity index (χ2n) is 3.83. The summed E-state index contributed by atoms with van der Waals surface area (Å²) in [6.07, 6.45) is -0.558. The molecule has 0 unspecified atom stereocenters. The predicted molar refractivity (Wildman–Crippen MR) is 65.2 cm³/mol. The molecule has 1 aliphatic rings. The number of hydrogen-bond acceptors (Lipinski definition) is 5. The number of carbonyl (C=O) groups excluding carboxylic acids is 1. The molecule has 1 fully saturated rings. The van der Waals surface area contributed by atoms with Crippen LogP contribution in [0.4, 0.5) is 4.79 Å². The van der Waals surface area contributed by atoms with E-state index < -0.39 is 17.3 Å². The summed E-state index contributed by atoms with van der Waals surface area (Å²) in [4.78, 5) is 37.6. The van der Waals surface area contributed by atoms with E-state index >= 15 is 0 Å². The Labute approximate surface area is 112 Å². The van der Waals surface area contributed by atoms with Crippen LogP contribution in [0.15, 0.2) is 15.7 Å². The maximum Gasteiger partial charge on any atom is 0.411 e. The van der Waals surface area contributed by atoms with Crippen LogP contribution in [0.1, 0.15) is 0 Å². The SMILES string of the molecule is O=C(OCn1c(Cl)cc(=O)[nH]c1=O)N1CCOCC1. The van der Waals surface area contributed by atoms with E-state index in [4.69, 9.17) is 21.1 Å². The molecule has 8 nitrogen and oxygen atoms in total. The number of carbonyl (C=O) groups is 1. The van der Waals surface area contributed by atoms with Crippen molar-refractivity contribution in [2.45, 2.75) is 6.73 Å². The van der Waals surface area contributed by atoms with Crippen molar-refractivity contribution in [3.8, 4) is 0 Å². The van der Waals surface area contributed by atoms with E-state index in [1.54, 1.807) is 0 Å². The van der Waals surface area contributed by atoms with E-state index in [2.05, 4.69) is 0 Å². The minimum absolute atomic E-state index is 0.0940. The summed E-state index contributed by atoms with van der Waals surface area (Å²) < 4.78 is 11.0. The van der Waals surface area contributed by atoms with Gasteiger partial charge in [0.15, 0.2) is 6.73 Å². The van der Waals surface area contributed by atoms with Crippen LogP contribution in [0.5, 0.6) is 0 Å². The molecular formula is C10H12ClN3O5. The number of morpholine rings is 1. The first-order chi connectivity index (χ1) is 9.08. The summed E-state index contributed by atoms with van der Waals surface area (Å²) in [6.45, 7) is 1.42. The Kier molecular flexibility index (Phi) is 4.23. The number of aromatic nitrogens is 2. The van der Waals surface area contributed by atoms with Crippen molar-refractivity contribution in [2.24, 2.45) is 0 Å². The Morgan fingerprint density at radius 1 is 1.42 bits per heavy atom. The Balaban J connectivity index is 2.00. The third kappa shape index (κ3) is 3.36. The van der Waals surface area contributed by atoms with Crippen LogP contribution in [0.2, 0.25) is 5.15 Å². The van der Waals surface area contributed by atoms with Crippen LogP contribution in [0.25, 0.3) is 0 Å². The van der Waals surface area contributed by atoms with Crippen LogP contribution < -0.4 is 11.2 Å². The van der Waals surface area contributed by atoms with Gasteiger partial charge in [0.2, 0.25) is 0 Å². The maximum atomic E-state index is 11.7. The summed E-state index contributed by atoms with van der Waals surface area (Å²) in [5.74, 6) is 0. The van der Waals surface area contributed by atoms with Gasteiger partial charge in [-0.15, -0.1) is 0 Å². The van der Waals surface area contributed by atoms with Gasteiger partial charge in [0.1, 0.15) is 5.15 Å². The van der Waals surface area contributed by atoms with Crippen molar-refractivity contribution < 1.29 is 14.3 Å². The number of H-pyrrole nitrogens is 1. The Hall–Kier alpha value is -1.80. The van der Waals surface area contributed by atoms with E-state index in [0.29, 0.717) is 26.3 Å². The molecule has 1 aromatic heterocycles. The minimum atomic E-state index is -0.729. The van der Waals surface area contributed by atoms with Gasteiger partial charge in [0.25, 0.3) is 5.56 Å². The third-order valence-electron chi connectivity index (χ3n) is 2.57. The first-order valence-electron chi connectivity index (χ1n) is 5.57. The second kappa shape index (κ2) is 5.89. The lowest BCUT2D eigenvalue weighted by Gasteiger charge is -2.26. The molecule has 0 radical (unpaired) electrons. The fraction of sp³-hybridized carbons (Fsp3) is 0.500. The van der Waals surface area contributed by atoms with Crippen molar-refractivity contribution in [3.63, 3.8) is 0 Å². The molecule has 104 valence electrons. The van der Waals surface area contributed by atoms with Crippen LogP contribution in [0.3, 0.4) is 0 Å². The molecule has 1 N–H and O–H groups in total. The van der Waals surface area contributed by atoms with E-state index in [0.717, 1.165) is 10.6 Å². The molecule has 19 heavy (non-hydrogen) atoms. The summed E-state index contributed by atoms with van der Waals surface area (Å²) in [5.41, 5.74) is -1.34. The Morgan fingerprint density at radius 2 is 2.11 bits per heavy atom. The minimum Gasteiger partial charge on any atom is -0.427 e. The van der Waals surface area contributed by atoms with Gasteiger partial charge in [-0.2, -0.15) is 0 Å². The van der Waals surface area contributed by atoms with Crippen LogP contribution >= 0.6 is 11.6 Å². The highest BCUT2D eigenvalue weighted by molar-refractivity contribution is 6.29. The van der Waals surface area contributed by atoms with E-state index in [1.807, 2.05) is 4.98 Å². The van der Waals surface area contributed by atoms with Crippen molar-refractivity contribution >= 4 is 17.7 Å².